The van der Waals surface area contributed by atoms with Crippen LogP contribution in [0.15, 0.2) is 24.3 Å². The summed E-state index contributed by atoms with van der Waals surface area (Å²) >= 11 is 0. The van der Waals surface area contributed by atoms with Gasteiger partial charge in [-0.15, -0.1) is 0 Å². The number of anilines is 1. The molecule has 0 aliphatic rings. The summed E-state index contributed by atoms with van der Waals surface area (Å²) in [6.07, 6.45) is 0. The SMILES string of the molecule is COc1ccc(CN(C)C(=O)c2cc(N)n[nH]2)cc1OC. The van der Waals surface area contributed by atoms with Crippen molar-refractivity contribution in [1.29, 1.82) is 0 Å². The zero-order chi connectivity index (χ0) is 15.4. The van der Waals surface area contributed by atoms with Crippen molar-refractivity contribution in [1.82, 2.24) is 15.1 Å². The Morgan fingerprint density at radius 1 is 1.29 bits per heavy atom. The Labute approximate surface area is 122 Å². The molecule has 0 unspecified atom stereocenters. The number of methoxy groups -OCH3 is 2. The lowest BCUT2D eigenvalue weighted by Crippen LogP contribution is -2.26. The van der Waals surface area contributed by atoms with Gasteiger partial charge in [-0.25, -0.2) is 0 Å². The van der Waals surface area contributed by atoms with Crippen molar-refractivity contribution in [3.63, 3.8) is 0 Å². The molecule has 0 saturated carbocycles. The molecule has 0 saturated heterocycles. The fourth-order valence-corrected chi connectivity index (χ4v) is 1.98. The van der Waals surface area contributed by atoms with Crippen LogP contribution in [-0.4, -0.2) is 42.3 Å². The minimum atomic E-state index is -0.186. The predicted octanol–water partition coefficient (Wildman–Crippen LogP) is 1.28. The van der Waals surface area contributed by atoms with E-state index in [0.29, 0.717) is 23.7 Å². The number of nitrogens with one attached hydrogen (secondary N) is 1. The van der Waals surface area contributed by atoms with Crippen LogP contribution in [0.25, 0.3) is 0 Å². The van der Waals surface area contributed by atoms with Gasteiger partial charge in [0.05, 0.1) is 14.2 Å². The van der Waals surface area contributed by atoms with Crippen molar-refractivity contribution < 1.29 is 14.3 Å². The lowest BCUT2D eigenvalue weighted by Gasteiger charge is -2.17. The van der Waals surface area contributed by atoms with Crippen molar-refractivity contribution in [2.24, 2.45) is 0 Å². The molecule has 0 fully saturated rings. The number of hydrogen-bond acceptors (Lipinski definition) is 5. The summed E-state index contributed by atoms with van der Waals surface area (Å²) in [6, 6.07) is 7.03. The molecule has 1 aromatic carbocycles. The molecular formula is C14H18N4O3. The predicted molar refractivity (Wildman–Crippen MR) is 78.3 cm³/mol. The van der Waals surface area contributed by atoms with E-state index >= 15 is 0 Å². The molecule has 1 aromatic heterocycles. The summed E-state index contributed by atoms with van der Waals surface area (Å²) in [5.41, 5.74) is 6.78. The number of rotatable bonds is 5. The summed E-state index contributed by atoms with van der Waals surface area (Å²) in [6.45, 7) is 0.429. The molecule has 0 atom stereocenters. The molecule has 0 radical (unpaired) electrons. The van der Waals surface area contributed by atoms with Crippen LogP contribution in [0.2, 0.25) is 0 Å². The maximum absolute atomic E-state index is 12.2. The van der Waals surface area contributed by atoms with Gasteiger partial charge in [0.2, 0.25) is 0 Å². The number of nitrogens with zero attached hydrogens (tertiary/aromatic N) is 2. The van der Waals surface area contributed by atoms with E-state index in [1.807, 2.05) is 12.1 Å². The van der Waals surface area contributed by atoms with Crippen molar-refractivity contribution in [2.75, 3.05) is 27.0 Å². The monoisotopic (exact) mass is 290 g/mol. The van der Waals surface area contributed by atoms with Crippen LogP contribution < -0.4 is 15.2 Å². The molecule has 2 rings (SSSR count). The second-order valence-corrected chi connectivity index (χ2v) is 4.56. The van der Waals surface area contributed by atoms with Crippen molar-refractivity contribution >= 4 is 11.7 Å². The molecule has 0 aliphatic heterocycles. The van der Waals surface area contributed by atoms with E-state index in [4.69, 9.17) is 15.2 Å². The van der Waals surface area contributed by atoms with Gasteiger partial charge in [0.25, 0.3) is 5.91 Å². The van der Waals surface area contributed by atoms with Crippen LogP contribution in [0.5, 0.6) is 11.5 Å². The molecule has 3 N–H and O–H groups in total. The van der Waals surface area contributed by atoms with Crippen LogP contribution in [0.1, 0.15) is 16.1 Å². The van der Waals surface area contributed by atoms with E-state index in [1.165, 1.54) is 6.07 Å². The molecule has 1 amide bonds. The average Bonchev–Trinajstić information content (AvgIpc) is 2.92. The number of amides is 1. The Hall–Kier alpha value is -2.70. The van der Waals surface area contributed by atoms with Gasteiger partial charge in [-0.3, -0.25) is 9.89 Å². The van der Waals surface area contributed by atoms with Gasteiger partial charge in [0.15, 0.2) is 11.5 Å². The quantitative estimate of drug-likeness (QED) is 0.865. The third kappa shape index (κ3) is 3.25. The van der Waals surface area contributed by atoms with Crippen LogP contribution in [-0.2, 0) is 6.54 Å². The first-order valence-corrected chi connectivity index (χ1v) is 6.32. The fraction of sp³-hybridized carbons (Fsp3) is 0.286. The number of benzene rings is 1. The van der Waals surface area contributed by atoms with E-state index in [0.717, 1.165) is 5.56 Å². The second kappa shape index (κ2) is 6.17. The van der Waals surface area contributed by atoms with Gasteiger partial charge in [-0.1, -0.05) is 6.07 Å². The number of nitrogens with two attached hydrogens (primary N) is 1. The van der Waals surface area contributed by atoms with Crippen LogP contribution in [0, 0.1) is 0 Å². The zero-order valence-corrected chi connectivity index (χ0v) is 12.2. The van der Waals surface area contributed by atoms with Crippen LogP contribution >= 0.6 is 0 Å². The Morgan fingerprint density at radius 2 is 2.00 bits per heavy atom. The van der Waals surface area contributed by atoms with Gasteiger partial charge in [0, 0.05) is 19.7 Å². The van der Waals surface area contributed by atoms with Gasteiger partial charge in [-0.2, -0.15) is 5.10 Å². The summed E-state index contributed by atoms with van der Waals surface area (Å²) in [5, 5.41) is 6.35. The first kappa shape index (κ1) is 14.7. The van der Waals surface area contributed by atoms with E-state index in [-0.39, 0.29) is 11.7 Å². The van der Waals surface area contributed by atoms with Gasteiger partial charge in [-0.05, 0) is 17.7 Å². The Morgan fingerprint density at radius 3 is 2.57 bits per heavy atom. The van der Waals surface area contributed by atoms with Crippen molar-refractivity contribution in [2.45, 2.75) is 6.54 Å². The second-order valence-electron chi connectivity index (χ2n) is 4.56. The highest BCUT2D eigenvalue weighted by atomic mass is 16.5. The summed E-state index contributed by atoms with van der Waals surface area (Å²) in [7, 11) is 4.86. The largest absolute Gasteiger partial charge is 0.493 e. The summed E-state index contributed by atoms with van der Waals surface area (Å²) in [4.78, 5) is 13.7. The maximum atomic E-state index is 12.2. The first-order chi connectivity index (χ1) is 10.0. The molecule has 7 nitrogen and oxygen atoms in total. The molecule has 0 bridgehead atoms. The first-order valence-electron chi connectivity index (χ1n) is 6.32. The standard InChI is InChI=1S/C14H18N4O3/c1-18(14(19)10-7-13(15)17-16-10)8-9-4-5-11(20-2)12(6-9)21-3/h4-7H,8H2,1-3H3,(H3,15,16,17). The maximum Gasteiger partial charge on any atom is 0.271 e. The number of aromatic amines is 1. The molecule has 0 aliphatic carbocycles. The van der Waals surface area contributed by atoms with Gasteiger partial charge in [0.1, 0.15) is 11.5 Å². The molecule has 7 heteroatoms. The third-order valence-corrected chi connectivity index (χ3v) is 3.04. The van der Waals surface area contributed by atoms with Crippen molar-refractivity contribution in [3.05, 3.63) is 35.5 Å². The minimum absolute atomic E-state index is 0.186. The lowest BCUT2D eigenvalue weighted by atomic mass is 10.2. The Bertz CT molecular complexity index is 639. The highest BCUT2D eigenvalue weighted by Crippen LogP contribution is 2.28. The van der Waals surface area contributed by atoms with Gasteiger partial charge < -0.3 is 20.1 Å². The van der Waals surface area contributed by atoms with E-state index < -0.39 is 0 Å². The number of carbonyl (C=O) groups excluding carboxylic acids is 1. The third-order valence-electron chi connectivity index (χ3n) is 3.04. The zero-order valence-electron chi connectivity index (χ0n) is 12.2. The summed E-state index contributed by atoms with van der Waals surface area (Å²) < 4.78 is 10.4. The molecule has 112 valence electrons. The number of hydrogen-bond donors (Lipinski definition) is 2. The molecule has 1 heterocycles. The van der Waals surface area contributed by atoms with Crippen LogP contribution in [0.3, 0.4) is 0 Å². The molecule has 2 aromatic rings. The average molecular weight is 290 g/mol. The molecular weight excluding hydrogens is 272 g/mol. The smallest absolute Gasteiger partial charge is 0.271 e. The minimum Gasteiger partial charge on any atom is -0.493 e. The Kier molecular flexibility index (Phi) is 4.32. The van der Waals surface area contributed by atoms with Crippen molar-refractivity contribution in [3.8, 4) is 11.5 Å². The number of ether oxygens (including phenoxy) is 2. The highest BCUT2D eigenvalue weighted by molar-refractivity contribution is 5.92. The van der Waals surface area contributed by atoms with E-state index in [9.17, 15) is 4.79 Å². The normalized spacial score (nSPS) is 10.2. The molecule has 21 heavy (non-hydrogen) atoms. The number of H-pyrrole nitrogens is 1. The topological polar surface area (TPSA) is 93.5 Å². The lowest BCUT2D eigenvalue weighted by molar-refractivity contribution is 0.0779. The van der Waals surface area contributed by atoms with E-state index in [2.05, 4.69) is 10.2 Å². The molecule has 0 spiro atoms. The van der Waals surface area contributed by atoms with Gasteiger partial charge >= 0.3 is 0 Å². The number of nitrogen functional groups attached to an aromatic ring is 1. The fourth-order valence-electron chi connectivity index (χ4n) is 1.98. The van der Waals surface area contributed by atoms with E-state index in [1.54, 1.807) is 32.2 Å². The number of aromatic nitrogens is 2. The Balaban J connectivity index is 2.12. The van der Waals surface area contributed by atoms with Crippen LogP contribution in [0.4, 0.5) is 5.82 Å². The summed E-state index contributed by atoms with van der Waals surface area (Å²) in [5.74, 6) is 1.38. The highest BCUT2D eigenvalue weighted by Gasteiger charge is 2.15. The number of carbonyl (C=O) groups is 1.